The summed E-state index contributed by atoms with van der Waals surface area (Å²) in [5.74, 6) is -0.306. The van der Waals surface area contributed by atoms with Gasteiger partial charge in [0.2, 0.25) is 5.56 Å². The third-order valence-corrected chi connectivity index (χ3v) is 2.47. The number of aromatic amines is 1. The predicted molar refractivity (Wildman–Crippen MR) is 61.9 cm³/mol. The Balaban J connectivity index is 2.69. The van der Waals surface area contributed by atoms with Crippen LogP contribution >= 0.6 is 0 Å². The van der Waals surface area contributed by atoms with Gasteiger partial charge >= 0.3 is 0 Å². The maximum atomic E-state index is 13.8. The molecule has 2 rings (SSSR count). The average Bonchev–Trinajstić information content (AvgIpc) is 2.15. The first kappa shape index (κ1) is 10.6. The number of pyridine rings is 1. The van der Waals surface area contributed by atoms with Gasteiger partial charge in [0.1, 0.15) is 5.82 Å². The van der Waals surface area contributed by atoms with E-state index in [0.29, 0.717) is 11.3 Å². The Morgan fingerprint density at radius 1 is 1.19 bits per heavy atom. The lowest BCUT2D eigenvalue weighted by molar-refractivity contribution is 0.628. The minimum atomic E-state index is -0.306. The Kier molecular flexibility index (Phi) is 2.60. The fourth-order valence-electron chi connectivity index (χ4n) is 1.85. The first-order valence-corrected chi connectivity index (χ1v) is 5.04. The second-order valence-electron chi connectivity index (χ2n) is 3.87. The van der Waals surface area contributed by atoms with Crippen molar-refractivity contribution in [2.45, 2.75) is 13.8 Å². The van der Waals surface area contributed by atoms with Gasteiger partial charge < -0.3 is 4.98 Å². The normalized spacial score (nSPS) is 10.4. The van der Waals surface area contributed by atoms with E-state index in [-0.39, 0.29) is 11.4 Å². The van der Waals surface area contributed by atoms with Gasteiger partial charge in [0.15, 0.2) is 0 Å². The Labute approximate surface area is 92.8 Å². The van der Waals surface area contributed by atoms with Crippen LogP contribution in [0, 0.1) is 19.7 Å². The van der Waals surface area contributed by atoms with Crippen LogP contribution in [0.15, 0.2) is 35.1 Å². The van der Waals surface area contributed by atoms with Crippen molar-refractivity contribution in [1.82, 2.24) is 4.98 Å². The summed E-state index contributed by atoms with van der Waals surface area (Å²) < 4.78 is 13.8. The summed E-state index contributed by atoms with van der Waals surface area (Å²) in [4.78, 5) is 13.8. The molecule has 82 valence electrons. The Bertz CT molecular complexity index is 563. The van der Waals surface area contributed by atoms with E-state index in [1.807, 2.05) is 19.9 Å². The molecule has 2 aromatic rings. The van der Waals surface area contributed by atoms with Crippen molar-refractivity contribution in [3.05, 3.63) is 57.6 Å². The summed E-state index contributed by atoms with van der Waals surface area (Å²) in [6.07, 6.45) is 0. The van der Waals surface area contributed by atoms with Crippen molar-refractivity contribution in [3.63, 3.8) is 0 Å². The van der Waals surface area contributed by atoms with E-state index < -0.39 is 0 Å². The Morgan fingerprint density at radius 2 is 1.94 bits per heavy atom. The number of nitrogens with one attached hydrogen (secondary N) is 1. The van der Waals surface area contributed by atoms with Crippen LogP contribution < -0.4 is 5.56 Å². The fraction of sp³-hybridized carbons (Fsp3) is 0.154. The van der Waals surface area contributed by atoms with Gasteiger partial charge in [-0.05, 0) is 37.1 Å². The monoisotopic (exact) mass is 217 g/mol. The highest BCUT2D eigenvalue weighted by atomic mass is 19.1. The van der Waals surface area contributed by atoms with Crippen LogP contribution in [0.2, 0.25) is 0 Å². The van der Waals surface area contributed by atoms with Crippen LogP contribution in [0.5, 0.6) is 0 Å². The van der Waals surface area contributed by atoms with E-state index in [2.05, 4.69) is 4.98 Å². The maximum Gasteiger partial charge on any atom is 0.248 e. The summed E-state index contributed by atoms with van der Waals surface area (Å²) in [6, 6.07) is 8.08. The Morgan fingerprint density at radius 3 is 2.56 bits per heavy atom. The minimum absolute atomic E-state index is 0.225. The SMILES string of the molecule is Cc1cc(C)c(-c2cccc(=O)[nH]2)c(F)c1. The van der Waals surface area contributed by atoms with Gasteiger partial charge in [-0.1, -0.05) is 12.1 Å². The van der Waals surface area contributed by atoms with E-state index in [0.717, 1.165) is 11.1 Å². The number of benzene rings is 1. The van der Waals surface area contributed by atoms with Crippen molar-refractivity contribution in [2.24, 2.45) is 0 Å². The van der Waals surface area contributed by atoms with Crippen LogP contribution in [-0.2, 0) is 0 Å². The summed E-state index contributed by atoms with van der Waals surface area (Å²) >= 11 is 0. The first-order valence-electron chi connectivity index (χ1n) is 5.04. The second kappa shape index (κ2) is 3.93. The molecular weight excluding hydrogens is 205 g/mol. The number of aryl methyl sites for hydroxylation is 2. The molecule has 0 saturated carbocycles. The van der Waals surface area contributed by atoms with Gasteiger partial charge in [-0.15, -0.1) is 0 Å². The van der Waals surface area contributed by atoms with E-state index in [1.165, 1.54) is 12.1 Å². The molecule has 16 heavy (non-hydrogen) atoms. The molecule has 0 bridgehead atoms. The molecule has 0 radical (unpaired) electrons. The molecule has 0 spiro atoms. The van der Waals surface area contributed by atoms with Crippen molar-refractivity contribution < 1.29 is 4.39 Å². The number of rotatable bonds is 1. The molecular formula is C13H12FNO. The van der Waals surface area contributed by atoms with Crippen LogP contribution in [-0.4, -0.2) is 4.98 Å². The topological polar surface area (TPSA) is 32.9 Å². The van der Waals surface area contributed by atoms with Gasteiger partial charge in [0.05, 0.1) is 5.69 Å². The molecule has 0 aliphatic rings. The molecule has 0 amide bonds. The lowest BCUT2D eigenvalue weighted by atomic mass is 10.0. The van der Waals surface area contributed by atoms with Crippen molar-refractivity contribution in [2.75, 3.05) is 0 Å². The van der Waals surface area contributed by atoms with Gasteiger partial charge in [-0.25, -0.2) is 4.39 Å². The maximum absolute atomic E-state index is 13.8. The zero-order chi connectivity index (χ0) is 11.7. The molecule has 0 fully saturated rings. The Hall–Kier alpha value is -1.90. The molecule has 1 N–H and O–H groups in total. The van der Waals surface area contributed by atoms with E-state index >= 15 is 0 Å². The highest BCUT2D eigenvalue weighted by Crippen LogP contribution is 2.25. The molecule has 0 atom stereocenters. The molecule has 1 aromatic heterocycles. The van der Waals surface area contributed by atoms with Crippen molar-refractivity contribution >= 4 is 0 Å². The van der Waals surface area contributed by atoms with Crippen molar-refractivity contribution in [3.8, 4) is 11.3 Å². The van der Waals surface area contributed by atoms with E-state index in [9.17, 15) is 9.18 Å². The van der Waals surface area contributed by atoms with Gasteiger partial charge in [-0.3, -0.25) is 4.79 Å². The third-order valence-electron chi connectivity index (χ3n) is 2.47. The molecule has 0 aliphatic heterocycles. The summed E-state index contributed by atoms with van der Waals surface area (Å²) in [6.45, 7) is 3.67. The third kappa shape index (κ3) is 1.89. The molecule has 1 heterocycles. The zero-order valence-corrected chi connectivity index (χ0v) is 9.17. The number of halogens is 1. The van der Waals surface area contributed by atoms with Crippen LogP contribution in [0.3, 0.4) is 0 Å². The summed E-state index contributed by atoms with van der Waals surface area (Å²) in [5, 5.41) is 0. The van der Waals surface area contributed by atoms with Crippen LogP contribution in [0.1, 0.15) is 11.1 Å². The molecule has 0 unspecified atom stereocenters. The van der Waals surface area contributed by atoms with Gasteiger partial charge in [0, 0.05) is 11.6 Å². The molecule has 0 saturated heterocycles. The predicted octanol–water partition coefficient (Wildman–Crippen LogP) is 2.80. The van der Waals surface area contributed by atoms with E-state index in [4.69, 9.17) is 0 Å². The number of aromatic nitrogens is 1. The number of hydrogen-bond donors (Lipinski definition) is 1. The minimum Gasteiger partial charge on any atom is -0.322 e. The smallest absolute Gasteiger partial charge is 0.248 e. The number of hydrogen-bond acceptors (Lipinski definition) is 1. The summed E-state index contributed by atoms with van der Waals surface area (Å²) in [5.41, 5.74) is 2.44. The van der Waals surface area contributed by atoms with Crippen LogP contribution in [0.4, 0.5) is 4.39 Å². The molecule has 3 heteroatoms. The molecule has 0 aliphatic carbocycles. The fourth-order valence-corrected chi connectivity index (χ4v) is 1.85. The average molecular weight is 217 g/mol. The lowest BCUT2D eigenvalue weighted by Crippen LogP contribution is -2.05. The van der Waals surface area contributed by atoms with E-state index in [1.54, 1.807) is 12.1 Å². The molecule has 1 aromatic carbocycles. The largest absolute Gasteiger partial charge is 0.322 e. The second-order valence-corrected chi connectivity index (χ2v) is 3.87. The molecule has 2 nitrogen and oxygen atoms in total. The van der Waals surface area contributed by atoms with Crippen molar-refractivity contribution in [1.29, 1.82) is 0 Å². The highest BCUT2D eigenvalue weighted by molar-refractivity contribution is 5.64. The van der Waals surface area contributed by atoms with Gasteiger partial charge in [-0.2, -0.15) is 0 Å². The first-order chi connectivity index (χ1) is 7.58. The summed E-state index contributed by atoms with van der Waals surface area (Å²) in [7, 11) is 0. The van der Waals surface area contributed by atoms with Crippen LogP contribution in [0.25, 0.3) is 11.3 Å². The highest BCUT2D eigenvalue weighted by Gasteiger charge is 2.09. The lowest BCUT2D eigenvalue weighted by Gasteiger charge is -2.08. The van der Waals surface area contributed by atoms with Gasteiger partial charge in [0.25, 0.3) is 0 Å². The number of H-pyrrole nitrogens is 1. The zero-order valence-electron chi connectivity index (χ0n) is 9.17. The standard InChI is InChI=1S/C13H12FNO/c1-8-6-9(2)13(10(14)7-8)11-4-3-5-12(16)15-11/h3-7H,1-2H3,(H,15,16). The quantitative estimate of drug-likeness (QED) is 0.782.